The van der Waals surface area contributed by atoms with Crippen molar-refractivity contribution in [1.29, 1.82) is 0 Å². The van der Waals surface area contributed by atoms with E-state index in [2.05, 4.69) is 10.1 Å². The van der Waals surface area contributed by atoms with Gasteiger partial charge in [0.1, 0.15) is 17.9 Å². The number of fused-ring (bicyclic) bond motifs is 1. The Morgan fingerprint density at radius 2 is 2.14 bits per heavy atom. The van der Waals surface area contributed by atoms with Crippen LogP contribution in [0.25, 0.3) is 5.57 Å². The average Bonchev–Trinajstić information content (AvgIpc) is 2.95. The van der Waals surface area contributed by atoms with Crippen molar-refractivity contribution in [3.63, 3.8) is 0 Å². The maximum absolute atomic E-state index is 12.6. The standard InChI is InChI=1S/C16H17N3O2/c1-10(2)15-13(11-5-4-6-12(7-11)21-3)8-14-17-9-18-19(14)16(15)20/h4-7,9-10H,8H2,1-3H3. The van der Waals surface area contributed by atoms with Gasteiger partial charge in [-0.1, -0.05) is 26.0 Å². The molecule has 0 spiro atoms. The van der Waals surface area contributed by atoms with Crippen molar-refractivity contribution >= 4 is 11.5 Å². The summed E-state index contributed by atoms with van der Waals surface area (Å²) < 4.78 is 6.68. The smallest absolute Gasteiger partial charge is 0.276 e. The van der Waals surface area contributed by atoms with E-state index in [9.17, 15) is 4.79 Å². The zero-order valence-electron chi connectivity index (χ0n) is 12.3. The molecule has 0 amide bonds. The summed E-state index contributed by atoms with van der Waals surface area (Å²) >= 11 is 0. The number of benzene rings is 1. The molecule has 0 bridgehead atoms. The number of aromatic nitrogens is 3. The average molecular weight is 283 g/mol. The van der Waals surface area contributed by atoms with Crippen molar-refractivity contribution in [2.24, 2.45) is 5.92 Å². The van der Waals surface area contributed by atoms with E-state index in [1.54, 1.807) is 7.11 Å². The highest BCUT2D eigenvalue weighted by atomic mass is 16.5. The minimum Gasteiger partial charge on any atom is -0.497 e. The number of methoxy groups -OCH3 is 1. The number of carbonyl (C=O) groups is 1. The van der Waals surface area contributed by atoms with Crippen molar-refractivity contribution in [3.05, 3.63) is 47.6 Å². The van der Waals surface area contributed by atoms with E-state index in [1.165, 1.54) is 11.0 Å². The number of hydrogen-bond donors (Lipinski definition) is 0. The zero-order chi connectivity index (χ0) is 15.0. The van der Waals surface area contributed by atoms with Crippen molar-refractivity contribution in [2.75, 3.05) is 7.11 Å². The van der Waals surface area contributed by atoms with Gasteiger partial charge in [0.05, 0.1) is 7.11 Å². The number of ether oxygens (including phenoxy) is 1. The number of hydrogen-bond acceptors (Lipinski definition) is 4. The van der Waals surface area contributed by atoms with Gasteiger partial charge in [0, 0.05) is 12.0 Å². The zero-order valence-corrected chi connectivity index (χ0v) is 12.3. The van der Waals surface area contributed by atoms with Crippen molar-refractivity contribution in [3.8, 4) is 5.75 Å². The Hall–Kier alpha value is -2.43. The molecule has 0 N–H and O–H groups in total. The van der Waals surface area contributed by atoms with Gasteiger partial charge in [0.15, 0.2) is 0 Å². The highest BCUT2D eigenvalue weighted by Crippen LogP contribution is 2.33. The second-order valence-electron chi connectivity index (χ2n) is 5.35. The fraction of sp³-hybridized carbons (Fsp3) is 0.312. The Morgan fingerprint density at radius 1 is 1.33 bits per heavy atom. The molecule has 0 unspecified atom stereocenters. The van der Waals surface area contributed by atoms with Crippen molar-refractivity contribution in [1.82, 2.24) is 14.8 Å². The fourth-order valence-electron chi connectivity index (χ4n) is 2.72. The molecule has 1 aromatic heterocycles. The third kappa shape index (κ3) is 2.24. The lowest BCUT2D eigenvalue weighted by Crippen LogP contribution is -2.27. The predicted octanol–water partition coefficient (Wildman–Crippen LogP) is 2.59. The second kappa shape index (κ2) is 5.16. The van der Waals surface area contributed by atoms with Crippen molar-refractivity contribution in [2.45, 2.75) is 20.3 Å². The quantitative estimate of drug-likeness (QED) is 0.868. The van der Waals surface area contributed by atoms with Gasteiger partial charge >= 0.3 is 0 Å². The summed E-state index contributed by atoms with van der Waals surface area (Å²) in [5.74, 6) is 1.50. The summed E-state index contributed by atoms with van der Waals surface area (Å²) in [6, 6.07) is 7.78. The van der Waals surface area contributed by atoms with Gasteiger partial charge in [-0.3, -0.25) is 4.79 Å². The molecule has 2 aromatic rings. The summed E-state index contributed by atoms with van der Waals surface area (Å²) in [5, 5.41) is 4.03. The van der Waals surface area contributed by atoms with E-state index in [0.29, 0.717) is 12.2 Å². The Morgan fingerprint density at radius 3 is 2.86 bits per heavy atom. The lowest BCUT2D eigenvalue weighted by molar-refractivity contribution is 0.0923. The van der Waals surface area contributed by atoms with Crippen LogP contribution in [0.4, 0.5) is 0 Å². The lowest BCUT2D eigenvalue weighted by Gasteiger charge is -2.22. The lowest BCUT2D eigenvalue weighted by atomic mass is 9.88. The van der Waals surface area contributed by atoms with E-state index in [1.807, 2.05) is 38.1 Å². The Labute approximate surface area is 123 Å². The molecule has 0 saturated heterocycles. The normalized spacial score (nSPS) is 14.6. The molecule has 0 fully saturated rings. The second-order valence-corrected chi connectivity index (χ2v) is 5.35. The van der Waals surface area contributed by atoms with Crippen LogP contribution < -0.4 is 4.74 Å². The summed E-state index contributed by atoms with van der Waals surface area (Å²) in [7, 11) is 1.64. The first-order valence-corrected chi connectivity index (χ1v) is 6.93. The van der Waals surface area contributed by atoms with Crippen LogP contribution in [-0.4, -0.2) is 27.8 Å². The van der Waals surface area contributed by atoms with Gasteiger partial charge < -0.3 is 4.74 Å². The van der Waals surface area contributed by atoms with Crippen LogP contribution in [0.15, 0.2) is 36.2 Å². The summed E-state index contributed by atoms with van der Waals surface area (Å²) in [6.45, 7) is 4.05. The molecule has 5 nitrogen and oxygen atoms in total. The molecule has 1 aliphatic rings. The summed E-state index contributed by atoms with van der Waals surface area (Å²) in [6.07, 6.45) is 2.03. The summed E-state index contributed by atoms with van der Waals surface area (Å²) in [5.41, 5.74) is 2.80. The molecule has 0 saturated carbocycles. The monoisotopic (exact) mass is 283 g/mol. The van der Waals surface area contributed by atoms with Crippen molar-refractivity contribution < 1.29 is 9.53 Å². The largest absolute Gasteiger partial charge is 0.497 e. The third-order valence-electron chi connectivity index (χ3n) is 3.70. The molecule has 1 aromatic carbocycles. The highest BCUT2D eigenvalue weighted by Gasteiger charge is 2.29. The topological polar surface area (TPSA) is 57.0 Å². The molecule has 0 aliphatic carbocycles. The molecule has 1 aliphatic heterocycles. The maximum Gasteiger partial charge on any atom is 0.276 e. The number of carbonyl (C=O) groups excluding carboxylic acids is 1. The molecule has 2 heterocycles. The molecule has 0 atom stereocenters. The first-order chi connectivity index (χ1) is 10.1. The number of allylic oxidation sites excluding steroid dienone is 2. The van der Waals surface area contributed by atoms with Crippen LogP contribution in [0.2, 0.25) is 0 Å². The third-order valence-corrected chi connectivity index (χ3v) is 3.70. The Kier molecular flexibility index (Phi) is 3.33. The van der Waals surface area contributed by atoms with E-state index in [0.717, 1.165) is 22.5 Å². The number of nitrogens with zero attached hydrogens (tertiary/aromatic N) is 3. The molecule has 0 radical (unpaired) electrons. The van der Waals surface area contributed by atoms with E-state index in [-0.39, 0.29) is 11.8 Å². The molecular weight excluding hydrogens is 266 g/mol. The van der Waals surface area contributed by atoms with Gasteiger partial charge in [0.2, 0.25) is 0 Å². The van der Waals surface area contributed by atoms with E-state index in [4.69, 9.17) is 4.74 Å². The molecule has 3 rings (SSSR count). The van der Waals surface area contributed by atoms with Gasteiger partial charge in [-0.05, 0) is 29.2 Å². The Balaban J connectivity index is 2.16. The minimum atomic E-state index is -0.0819. The van der Waals surface area contributed by atoms with Crippen LogP contribution in [0.5, 0.6) is 5.75 Å². The Bertz CT molecular complexity index is 729. The van der Waals surface area contributed by atoms with Gasteiger partial charge in [-0.15, -0.1) is 0 Å². The minimum absolute atomic E-state index is 0.0819. The maximum atomic E-state index is 12.6. The molecule has 108 valence electrons. The molecule has 5 heteroatoms. The van der Waals surface area contributed by atoms with Crippen LogP contribution >= 0.6 is 0 Å². The molecular formula is C16H17N3O2. The number of rotatable bonds is 3. The van der Waals surface area contributed by atoms with Crippen LogP contribution in [0, 0.1) is 5.92 Å². The fourth-order valence-corrected chi connectivity index (χ4v) is 2.72. The predicted molar refractivity (Wildman–Crippen MR) is 79.1 cm³/mol. The van der Waals surface area contributed by atoms with Crippen LogP contribution in [0.1, 0.15) is 30.0 Å². The van der Waals surface area contributed by atoms with Gasteiger partial charge in [0.25, 0.3) is 5.91 Å². The van der Waals surface area contributed by atoms with E-state index >= 15 is 0 Å². The first kappa shape index (κ1) is 13.5. The highest BCUT2D eigenvalue weighted by molar-refractivity contribution is 6.04. The van der Waals surface area contributed by atoms with Gasteiger partial charge in [-0.2, -0.15) is 9.78 Å². The first-order valence-electron chi connectivity index (χ1n) is 6.93. The van der Waals surface area contributed by atoms with E-state index < -0.39 is 0 Å². The van der Waals surface area contributed by atoms with Crippen LogP contribution in [0.3, 0.4) is 0 Å². The SMILES string of the molecule is COc1cccc(C2=C(C(C)C)C(=O)n3ncnc3C2)c1. The van der Waals surface area contributed by atoms with Crippen LogP contribution in [-0.2, 0) is 6.42 Å². The van der Waals surface area contributed by atoms with Gasteiger partial charge in [-0.25, -0.2) is 4.98 Å². The summed E-state index contributed by atoms with van der Waals surface area (Å²) in [4.78, 5) is 16.8. The molecule has 21 heavy (non-hydrogen) atoms.